The summed E-state index contributed by atoms with van der Waals surface area (Å²) in [6, 6.07) is 13.5. The fourth-order valence-corrected chi connectivity index (χ4v) is 4.43. The topological polar surface area (TPSA) is 79.3 Å². The van der Waals surface area contributed by atoms with Gasteiger partial charge >= 0.3 is 0 Å². The van der Waals surface area contributed by atoms with Crippen LogP contribution in [-0.2, 0) is 11.2 Å². The Hall–Kier alpha value is -3.61. The lowest BCUT2D eigenvalue weighted by Crippen LogP contribution is -2.51. The molecule has 0 saturated carbocycles. The van der Waals surface area contributed by atoms with Crippen LogP contribution in [0.25, 0.3) is 11.1 Å². The molecule has 3 aromatic rings. The third-order valence-corrected chi connectivity index (χ3v) is 6.12. The maximum Gasteiger partial charge on any atom is 0.272 e. The molecule has 1 aliphatic heterocycles. The van der Waals surface area contributed by atoms with Crippen molar-refractivity contribution in [1.29, 1.82) is 0 Å². The lowest BCUT2D eigenvalue weighted by atomic mass is 9.72. The molecule has 4 rings (SSSR count). The van der Waals surface area contributed by atoms with E-state index in [-0.39, 0.29) is 11.8 Å². The molecular weight excluding hydrogens is 402 g/mol. The van der Waals surface area contributed by atoms with Gasteiger partial charge in [-0.15, -0.1) is 0 Å². The average molecular weight is 430 g/mol. The lowest BCUT2D eigenvalue weighted by Gasteiger charge is -2.42. The Labute approximate surface area is 188 Å². The monoisotopic (exact) mass is 429 g/mol. The second kappa shape index (κ2) is 9.26. The first-order chi connectivity index (χ1) is 15.5. The van der Waals surface area contributed by atoms with E-state index in [9.17, 15) is 9.59 Å². The van der Waals surface area contributed by atoms with Gasteiger partial charge in [0.2, 0.25) is 5.91 Å². The maximum atomic E-state index is 13.3. The van der Waals surface area contributed by atoms with Crippen LogP contribution in [0.15, 0.2) is 67.4 Å². The SMILES string of the molecule is CN(C)C(=O)C1(Cc2cccc(-c3cncnc3)c2)CCN(C(=O)c2ccccn2)CC1. The third kappa shape index (κ3) is 4.51. The van der Waals surface area contributed by atoms with Crippen LogP contribution in [0.5, 0.6) is 0 Å². The van der Waals surface area contributed by atoms with E-state index in [2.05, 4.69) is 27.1 Å². The molecule has 0 unspecified atom stereocenters. The molecule has 0 spiro atoms. The van der Waals surface area contributed by atoms with Gasteiger partial charge < -0.3 is 9.80 Å². The van der Waals surface area contributed by atoms with Crippen molar-refractivity contribution in [2.75, 3.05) is 27.2 Å². The first-order valence-electron chi connectivity index (χ1n) is 10.7. The molecule has 1 aliphatic rings. The summed E-state index contributed by atoms with van der Waals surface area (Å²) in [5.41, 5.74) is 2.95. The van der Waals surface area contributed by atoms with Crippen molar-refractivity contribution in [1.82, 2.24) is 24.8 Å². The number of pyridine rings is 1. The quantitative estimate of drug-likeness (QED) is 0.623. The number of aromatic nitrogens is 3. The zero-order valence-corrected chi connectivity index (χ0v) is 18.4. The number of hydrogen-bond donors (Lipinski definition) is 0. The molecule has 164 valence electrons. The molecule has 3 heterocycles. The number of piperidine rings is 1. The second-order valence-electron chi connectivity index (χ2n) is 8.49. The third-order valence-electron chi connectivity index (χ3n) is 6.12. The summed E-state index contributed by atoms with van der Waals surface area (Å²) in [6.45, 7) is 1.06. The highest BCUT2D eigenvalue weighted by Crippen LogP contribution is 2.38. The van der Waals surface area contributed by atoms with E-state index < -0.39 is 5.41 Å². The summed E-state index contributed by atoms with van der Waals surface area (Å²) in [5.74, 6) is 0.0264. The van der Waals surface area contributed by atoms with E-state index in [1.165, 1.54) is 6.33 Å². The standard InChI is InChI=1S/C25H27N5O2/c1-29(2)24(32)25(9-12-30(13-10-25)23(31)22-8-3-4-11-28-22)15-19-6-5-7-20(14-19)21-16-26-18-27-17-21/h3-8,11,14,16-18H,9-10,12-13,15H2,1-2H3. The molecular formula is C25H27N5O2. The number of benzene rings is 1. The molecule has 1 saturated heterocycles. The van der Waals surface area contributed by atoms with Gasteiger partial charge in [-0.1, -0.05) is 30.3 Å². The summed E-state index contributed by atoms with van der Waals surface area (Å²) >= 11 is 0. The Morgan fingerprint density at radius 3 is 2.41 bits per heavy atom. The molecule has 0 N–H and O–H groups in total. The van der Waals surface area contributed by atoms with Crippen LogP contribution in [0.2, 0.25) is 0 Å². The van der Waals surface area contributed by atoms with Crippen molar-refractivity contribution in [3.8, 4) is 11.1 Å². The van der Waals surface area contributed by atoms with Crippen LogP contribution in [0.3, 0.4) is 0 Å². The van der Waals surface area contributed by atoms with Crippen LogP contribution >= 0.6 is 0 Å². The highest BCUT2D eigenvalue weighted by atomic mass is 16.2. The van der Waals surface area contributed by atoms with Gasteiger partial charge in [-0.05, 0) is 42.5 Å². The molecule has 1 fully saturated rings. The minimum absolute atomic E-state index is 0.0809. The zero-order chi connectivity index (χ0) is 22.6. The summed E-state index contributed by atoms with van der Waals surface area (Å²) in [7, 11) is 3.60. The van der Waals surface area contributed by atoms with Gasteiger partial charge in [0.05, 0.1) is 5.41 Å². The van der Waals surface area contributed by atoms with Gasteiger partial charge in [0.25, 0.3) is 5.91 Å². The van der Waals surface area contributed by atoms with Crippen LogP contribution in [-0.4, -0.2) is 63.8 Å². The Morgan fingerprint density at radius 1 is 1.00 bits per heavy atom. The van der Waals surface area contributed by atoms with E-state index in [1.807, 2.05) is 18.2 Å². The van der Waals surface area contributed by atoms with E-state index >= 15 is 0 Å². The normalized spacial score (nSPS) is 15.2. The number of likely N-dealkylation sites (tertiary alicyclic amines) is 1. The Bertz CT molecular complexity index is 1080. The molecule has 0 atom stereocenters. The van der Waals surface area contributed by atoms with E-state index in [0.29, 0.717) is 38.0 Å². The Morgan fingerprint density at radius 2 is 1.75 bits per heavy atom. The second-order valence-corrected chi connectivity index (χ2v) is 8.49. The first kappa shape index (κ1) is 21.6. The van der Waals surface area contributed by atoms with Crippen molar-refractivity contribution in [2.24, 2.45) is 5.41 Å². The molecule has 0 aliphatic carbocycles. The number of rotatable bonds is 5. The van der Waals surface area contributed by atoms with E-state index in [1.54, 1.807) is 54.6 Å². The molecule has 2 aromatic heterocycles. The van der Waals surface area contributed by atoms with Crippen molar-refractivity contribution in [2.45, 2.75) is 19.3 Å². The summed E-state index contributed by atoms with van der Waals surface area (Å²) in [4.78, 5) is 42.0. The van der Waals surface area contributed by atoms with Gasteiger partial charge in [0, 0.05) is 51.3 Å². The highest BCUT2D eigenvalue weighted by molar-refractivity contribution is 5.92. The molecule has 7 heteroatoms. The predicted molar refractivity (Wildman–Crippen MR) is 122 cm³/mol. The minimum Gasteiger partial charge on any atom is -0.348 e. The van der Waals surface area contributed by atoms with Crippen molar-refractivity contribution < 1.29 is 9.59 Å². The van der Waals surface area contributed by atoms with Crippen LogP contribution in [0.4, 0.5) is 0 Å². The molecule has 32 heavy (non-hydrogen) atoms. The molecule has 0 bridgehead atoms. The number of hydrogen-bond acceptors (Lipinski definition) is 5. The van der Waals surface area contributed by atoms with Gasteiger partial charge in [-0.25, -0.2) is 9.97 Å². The number of nitrogens with zero attached hydrogens (tertiary/aromatic N) is 5. The molecule has 7 nitrogen and oxygen atoms in total. The predicted octanol–water partition coefficient (Wildman–Crippen LogP) is 3.09. The fraction of sp³-hybridized carbons (Fsp3) is 0.320. The summed E-state index contributed by atoms with van der Waals surface area (Å²) in [6.07, 6.45) is 8.56. The average Bonchev–Trinajstić information content (AvgIpc) is 2.85. The van der Waals surface area contributed by atoms with Gasteiger partial charge in [0.1, 0.15) is 12.0 Å². The van der Waals surface area contributed by atoms with Crippen LogP contribution in [0, 0.1) is 5.41 Å². The molecule has 2 amide bonds. The van der Waals surface area contributed by atoms with E-state index in [4.69, 9.17) is 0 Å². The zero-order valence-electron chi connectivity index (χ0n) is 18.4. The van der Waals surface area contributed by atoms with Gasteiger partial charge in [0.15, 0.2) is 0 Å². The summed E-state index contributed by atoms with van der Waals surface area (Å²) in [5, 5.41) is 0. The number of carbonyl (C=O) groups excluding carboxylic acids is 2. The Kier molecular flexibility index (Phi) is 6.25. The van der Waals surface area contributed by atoms with Crippen LogP contribution < -0.4 is 0 Å². The highest BCUT2D eigenvalue weighted by Gasteiger charge is 2.43. The van der Waals surface area contributed by atoms with Crippen LogP contribution in [0.1, 0.15) is 28.9 Å². The van der Waals surface area contributed by atoms with Crippen molar-refractivity contribution in [3.05, 3.63) is 78.6 Å². The van der Waals surface area contributed by atoms with Crippen molar-refractivity contribution in [3.63, 3.8) is 0 Å². The van der Waals surface area contributed by atoms with Gasteiger partial charge in [-0.2, -0.15) is 0 Å². The fourth-order valence-electron chi connectivity index (χ4n) is 4.43. The van der Waals surface area contributed by atoms with Crippen molar-refractivity contribution >= 4 is 11.8 Å². The maximum absolute atomic E-state index is 13.3. The minimum atomic E-state index is -0.545. The van der Waals surface area contributed by atoms with E-state index in [0.717, 1.165) is 16.7 Å². The van der Waals surface area contributed by atoms with Gasteiger partial charge in [-0.3, -0.25) is 14.6 Å². The largest absolute Gasteiger partial charge is 0.348 e. The molecule has 0 radical (unpaired) electrons. The number of amides is 2. The Balaban J connectivity index is 1.55. The lowest BCUT2D eigenvalue weighted by molar-refractivity contribution is -0.142. The molecule has 1 aromatic carbocycles. The smallest absolute Gasteiger partial charge is 0.272 e. The summed E-state index contributed by atoms with van der Waals surface area (Å²) < 4.78 is 0. The number of carbonyl (C=O) groups is 2. The first-order valence-corrected chi connectivity index (χ1v) is 10.7.